The lowest BCUT2D eigenvalue weighted by molar-refractivity contribution is -0.117. The number of anilines is 1. The Labute approximate surface area is 154 Å². The lowest BCUT2D eigenvalue weighted by Gasteiger charge is -2.25. The summed E-state index contributed by atoms with van der Waals surface area (Å²) in [5, 5.41) is 2.90. The fraction of sp³-hybridized carbons (Fsp3) is 0.556. The average molecular weight is 378 g/mol. The van der Waals surface area contributed by atoms with E-state index in [1.54, 1.807) is 7.05 Å². The van der Waals surface area contributed by atoms with Crippen LogP contribution in [0.1, 0.15) is 27.2 Å². The zero-order chi connectivity index (χ0) is 19.1. The minimum absolute atomic E-state index is 0.104. The van der Waals surface area contributed by atoms with Gasteiger partial charge in [0.2, 0.25) is 11.9 Å². The Kier molecular flexibility index (Phi) is 4.83. The molecule has 8 heteroatoms. The molecule has 2 heterocycles. The Balaban J connectivity index is 1.77. The predicted octanol–water partition coefficient (Wildman–Crippen LogP) is 1.85. The topological polar surface area (TPSA) is 84.3 Å². The molecule has 1 unspecified atom stereocenters. The molecule has 0 radical (unpaired) electrons. The molecule has 2 aromatic rings. The number of sulfone groups is 1. The van der Waals surface area contributed by atoms with Crippen molar-refractivity contribution in [2.75, 3.05) is 30.4 Å². The summed E-state index contributed by atoms with van der Waals surface area (Å²) in [5.74, 6) is 0.634. The number of hydrogen-bond donors (Lipinski definition) is 1. The van der Waals surface area contributed by atoms with Crippen molar-refractivity contribution in [1.82, 2.24) is 14.5 Å². The average Bonchev–Trinajstić information content (AvgIpc) is 3.05. The molecule has 0 saturated carbocycles. The Morgan fingerprint density at radius 1 is 1.35 bits per heavy atom. The van der Waals surface area contributed by atoms with Gasteiger partial charge in [0.1, 0.15) is 0 Å². The third-order valence-corrected chi connectivity index (χ3v) is 6.46. The maximum absolute atomic E-state index is 12.5. The maximum atomic E-state index is 12.5. The van der Waals surface area contributed by atoms with Crippen LogP contribution in [0.25, 0.3) is 11.0 Å². The van der Waals surface area contributed by atoms with Crippen LogP contribution in [0.4, 0.5) is 5.95 Å². The van der Waals surface area contributed by atoms with Gasteiger partial charge in [-0.2, -0.15) is 0 Å². The molecule has 26 heavy (non-hydrogen) atoms. The van der Waals surface area contributed by atoms with Gasteiger partial charge in [0.25, 0.3) is 0 Å². The number of nitrogens with zero attached hydrogens (tertiary/aromatic N) is 3. The maximum Gasteiger partial charge on any atom is 0.240 e. The molecule has 0 spiro atoms. The quantitative estimate of drug-likeness (QED) is 0.878. The number of hydrogen-bond acceptors (Lipinski definition) is 5. The van der Waals surface area contributed by atoms with Gasteiger partial charge in [0.05, 0.1) is 29.1 Å². The predicted molar refractivity (Wildman–Crippen MR) is 103 cm³/mol. The van der Waals surface area contributed by atoms with Gasteiger partial charge in [-0.05, 0) is 46.4 Å². The van der Waals surface area contributed by atoms with Crippen LogP contribution in [0.3, 0.4) is 0 Å². The number of carbonyl (C=O) groups excluding carboxylic acids is 1. The minimum atomic E-state index is -2.97. The number of para-hydroxylation sites is 2. The van der Waals surface area contributed by atoms with E-state index in [9.17, 15) is 13.2 Å². The highest BCUT2D eigenvalue weighted by molar-refractivity contribution is 7.91. The molecule has 1 aliphatic heterocycles. The number of aromatic nitrogens is 2. The summed E-state index contributed by atoms with van der Waals surface area (Å²) < 4.78 is 25.3. The highest BCUT2D eigenvalue weighted by atomic mass is 32.2. The Morgan fingerprint density at radius 2 is 2.04 bits per heavy atom. The number of likely N-dealkylation sites (N-methyl/N-ethyl adjacent to an activating group) is 1. The molecule has 0 aliphatic carbocycles. The van der Waals surface area contributed by atoms with Crippen LogP contribution in [0, 0.1) is 0 Å². The van der Waals surface area contributed by atoms with E-state index in [4.69, 9.17) is 0 Å². The summed E-state index contributed by atoms with van der Waals surface area (Å²) in [6, 6.07) is 7.67. The molecule has 0 bridgehead atoms. The molecule has 1 aromatic heterocycles. The lowest BCUT2D eigenvalue weighted by Crippen LogP contribution is -2.39. The Bertz CT molecular complexity index is 928. The summed E-state index contributed by atoms with van der Waals surface area (Å²) in [6.07, 6.45) is 0.576. The largest absolute Gasteiger partial charge is 0.305 e. The second kappa shape index (κ2) is 6.66. The van der Waals surface area contributed by atoms with Gasteiger partial charge in [0.15, 0.2) is 9.84 Å². The number of carbonyl (C=O) groups is 1. The lowest BCUT2D eigenvalue weighted by atomic mass is 10.1. The first-order valence-corrected chi connectivity index (χ1v) is 10.6. The summed E-state index contributed by atoms with van der Waals surface area (Å²) in [6.45, 7) is 6.32. The van der Waals surface area contributed by atoms with E-state index in [0.29, 0.717) is 12.4 Å². The molecular weight excluding hydrogens is 352 g/mol. The molecule has 7 nitrogen and oxygen atoms in total. The van der Waals surface area contributed by atoms with Crippen molar-refractivity contribution < 1.29 is 13.2 Å². The van der Waals surface area contributed by atoms with Gasteiger partial charge < -0.3 is 4.57 Å². The van der Waals surface area contributed by atoms with E-state index >= 15 is 0 Å². The van der Waals surface area contributed by atoms with Gasteiger partial charge in [0, 0.05) is 11.6 Å². The minimum Gasteiger partial charge on any atom is -0.305 e. The van der Waals surface area contributed by atoms with E-state index in [1.165, 1.54) is 0 Å². The molecule has 1 amide bonds. The van der Waals surface area contributed by atoms with Crippen molar-refractivity contribution in [3.8, 4) is 0 Å². The summed E-state index contributed by atoms with van der Waals surface area (Å²) in [7, 11) is -1.18. The van der Waals surface area contributed by atoms with Gasteiger partial charge in [-0.1, -0.05) is 12.1 Å². The number of nitrogens with one attached hydrogen (secondary N) is 1. The van der Waals surface area contributed by atoms with Crippen LogP contribution < -0.4 is 5.32 Å². The second-order valence-electron chi connectivity index (χ2n) is 7.95. The van der Waals surface area contributed by atoms with Crippen molar-refractivity contribution in [3.05, 3.63) is 24.3 Å². The molecule has 1 aromatic carbocycles. The van der Waals surface area contributed by atoms with Gasteiger partial charge >= 0.3 is 0 Å². The van der Waals surface area contributed by atoms with Crippen LogP contribution in [0.2, 0.25) is 0 Å². The normalized spacial score (nSPS) is 20.0. The molecule has 1 atom stereocenters. The SMILES string of the molecule is CN(CC(=O)Nc1nc2ccccc2n1C(C)(C)C)C1CCS(=O)(=O)C1. The van der Waals surface area contributed by atoms with Crippen LogP contribution in [0.15, 0.2) is 24.3 Å². The Morgan fingerprint density at radius 3 is 2.65 bits per heavy atom. The highest BCUT2D eigenvalue weighted by Gasteiger charge is 2.31. The number of imidazole rings is 1. The number of rotatable bonds is 4. The zero-order valence-electron chi connectivity index (χ0n) is 15.7. The van der Waals surface area contributed by atoms with Crippen molar-refractivity contribution in [3.63, 3.8) is 0 Å². The number of fused-ring (bicyclic) bond motifs is 1. The first-order valence-electron chi connectivity index (χ1n) is 8.75. The van der Waals surface area contributed by atoms with Crippen LogP contribution in [0.5, 0.6) is 0 Å². The van der Waals surface area contributed by atoms with Crippen LogP contribution >= 0.6 is 0 Å². The van der Waals surface area contributed by atoms with Gasteiger partial charge in [-0.3, -0.25) is 15.0 Å². The summed E-state index contributed by atoms with van der Waals surface area (Å²) in [5.41, 5.74) is 1.54. The van der Waals surface area contributed by atoms with Crippen molar-refractivity contribution in [1.29, 1.82) is 0 Å². The molecule has 1 N–H and O–H groups in total. The van der Waals surface area contributed by atoms with Crippen molar-refractivity contribution in [2.45, 2.75) is 38.8 Å². The fourth-order valence-corrected chi connectivity index (χ4v) is 5.24. The molecule has 1 fully saturated rings. The van der Waals surface area contributed by atoms with E-state index in [2.05, 4.69) is 31.1 Å². The molecule has 142 valence electrons. The second-order valence-corrected chi connectivity index (χ2v) is 10.2. The van der Waals surface area contributed by atoms with Gasteiger partial charge in [-0.15, -0.1) is 0 Å². The zero-order valence-corrected chi connectivity index (χ0v) is 16.5. The third-order valence-electron chi connectivity index (χ3n) is 4.71. The summed E-state index contributed by atoms with van der Waals surface area (Å²) in [4.78, 5) is 18.9. The summed E-state index contributed by atoms with van der Waals surface area (Å²) >= 11 is 0. The molecule has 3 rings (SSSR count). The smallest absolute Gasteiger partial charge is 0.240 e. The molecule has 1 saturated heterocycles. The Hall–Kier alpha value is -1.93. The van der Waals surface area contributed by atoms with E-state index in [-0.39, 0.29) is 35.5 Å². The van der Waals surface area contributed by atoms with Crippen LogP contribution in [-0.4, -0.2) is 59.9 Å². The van der Waals surface area contributed by atoms with Crippen molar-refractivity contribution in [2.24, 2.45) is 0 Å². The number of amides is 1. The van der Waals surface area contributed by atoms with Gasteiger partial charge in [-0.25, -0.2) is 13.4 Å². The monoisotopic (exact) mass is 378 g/mol. The first kappa shape index (κ1) is 18.8. The van der Waals surface area contributed by atoms with E-state index in [0.717, 1.165) is 11.0 Å². The molecular formula is C18H26N4O3S. The van der Waals surface area contributed by atoms with E-state index < -0.39 is 9.84 Å². The first-order chi connectivity index (χ1) is 12.1. The third kappa shape index (κ3) is 3.91. The van der Waals surface area contributed by atoms with Crippen molar-refractivity contribution >= 4 is 32.7 Å². The number of benzene rings is 1. The van der Waals surface area contributed by atoms with E-state index in [1.807, 2.05) is 33.7 Å². The standard InChI is InChI=1S/C18H26N4O3S/c1-18(2,3)22-15-8-6-5-7-14(15)19-17(22)20-16(23)11-21(4)13-9-10-26(24,25)12-13/h5-8,13H,9-12H2,1-4H3,(H,19,20,23). The molecule has 1 aliphatic rings. The van der Waals surface area contributed by atoms with Crippen LogP contribution in [-0.2, 0) is 20.2 Å². The fourth-order valence-electron chi connectivity index (χ4n) is 3.43. The highest BCUT2D eigenvalue weighted by Crippen LogP contribution is 2.28.